The van der Waals surface area contributed by atoms with Gasteiger partial charge in [0, 0.05) is 25.5 Å². The largest absolute Gasteiger partial charge is 0.348 e. The molecule has 2 aromatic rings. The number of rotatable bonds is 6. The Hall–Kier alpha value is -1.55. The molecular weight excluding hydrogens is 224 g/mol. The molecule has 0 radical (unpaired) electrons. The highest BCUT2D eigenvalue weighted by atomic mass is 15.3. The van der Waals surface area contributed by atoms with Crippen LogP contribution in [-0.2, 0) is 19.6 Å². The predicted molar refractivity (Wildman–Crippen MR) is 73.6 cm³/mol. The van der Waals surface area contributed by atoms with Crippen molar-refractivity contribution in [1.82, 2.24) is 19.7 Å². The highest BCUT2D eigenvalue weighted by Crippen LogP contribution is 2.08. The summed E-state index contributed by atoms with van der Waals surface area (Å²) in [6.45, 7) is 10.1. The van der Waals surface area contributed by atoms with Gasteiger partial charge in [-0.05, 0) is 38.1 Å². The quantitative estimate of drug-likeness (QED) is 0.847. The van der Waals surface area contributed by atoms with E-state index in [1.54, 1.807) is 0 Å². The lowest BCUT2D eigenvalue weighted by Crippen LogP contribution is -2.11. The van der Waals surface area contributed by atoms with Crippen LogP contribution in [0, 0.1) is 6.92 Å². The van der Waals surface area contributed by atoms with Gasteiger partial charge in [-0.2, -0.15) is 5.10 Å². The van der Waals surface area contributed by atoms with Gasteiger partial charge < -0.3 is 9.88 Å². The molecule has 18 heavy (non-hydrogen) atoms. The van der Waals surface area contributed by atoms with Gasteiger partial charge in [0.15, 0.2) is 0 Å². The second kappa shape index (κ2) is 5.87. The average molecular weight is 246 g/mol. The Labute approximate surface area is 109 Å². The molecule has 0 fully saturated rings. The van der Waals surface area contributed by atoms with Gasteiger partial charge in [0.25, 0.3) is 0 Å². The van der Waals surface area contributed by atoms with E-state index in [4.69, 9.17) is 0 Å². The minimum Gasteiger partial charge on any atom is -0.348 e. The first-order valence-electron chi connectivity index (χ1n) is 6.61. The van der Waals surface area contributed by atoms with Gasteiger partial charge in [-0.3, -0.25) is 4.68 Å². The zero-order valence-corrected chi connectivity index (χ0v) is 11.5. The Kier molecular flexibility index (Phi) is 4.20. The van der Waals surface area contributed by atoms with E-state index in [0.29, 0.717) is 0 Å². The maximum atomic E-state index is 4.47. The maximum absolute atomic E-state index is 4.47. The third kappa shape index (κ3) is 3.01. The van der Waals surface area contributed by atoms with Gasteiger partial charge in [0.05, 0.1) is 17.9 Å². The Balaban J connectivity index is 2.06. The van der Waals surface area contributed by atoms with Crippen LogP contribution in [0.2, 0.25) is 0 Å². The van der Waals surface area contributed by atoms with Crippen molar-refractivity contribution in [2.45, 2.75) is 40.4 Å². The first kappa shape index (κ1) is 12.9. The van der Waals surface area contributed by atoms with E-state index < -0.39 is 0 Å². The van der Waals surface area contributed by atoms with Crippen LogP contribution in [0.3, 0.4) is 0 Å². The van der Waals surface area contributed by atoms with Crippen molar-refractivity contribution in [3.8, 4) is 0 Å². The van der Waals surface area contributed by atoms with Crippen LogP contribution in [0.5, 0.6) is 0 Å². The van der Waals surface area contributed by atoms with Crippen LogP contribution in [0.15, 0.2) is 24.5 Å². The highest BCUT2D eigenvalue weighted by Gasteiger charge is 2.05. The summed E-state index contributed by atoms with van der Waals surface area (Å²) in [6, 6.07) is 4.33. The van der Waals surface area contributed by atoms with E-state index in [1.165, 1.54) is 11.3 Å². The summed E-state index contributed by atoms with van der Waals surface area (Å²) in [5, 5.41) is 7.81. The number of nitrogens with zero attached hydrogens (tertiary/aromatic N) is 3. The fraction of sp³-hybridized carbons (Fsp3) is 0.500. The molecule has 4 nitrogen and oxygen atoms in total. The van der Waals surface area contributed by atoms with Crippen LogP contribution in [-0.4, -0.2) is 20.9 Å². The van der Waals surface area contributed by atoms with E-state index in [1.807, 2.05) is 6.92 Å². The van der Waals surface area contributed by atoms with Crippen molar-refractivity contribution in [3.63, 3.8) is 0 Å². The zero-order valence-electron chi connectivity index (χ0n) is 11.5. The monoisotopic (exact) mass is 246 g/mol. The van der Waals surface area contributed by atoms with Gasteiger partial charge in [0.2, 0.25) is 0 Å². The predicted octanol–water partition coefficient (Wildman–Crippen LogP) is 2.17. The van der Waals surface area contributed by atoms with E-state index in [2.05, 4.69) is 58.0 Å². The first-order valence-corrected chi connectivity index (χ1v) is 6.61. The van der Waals surface area contributed by atoms with Crippen molar-refractivity contribution in [1.29, 1.82) is 0 Å². The molecular formula is C14H22N4. The molecule has 0 aromatic carbocycles. The molecule has 0 unspecified atom stereocenters. The molecule has 0 aliphatic heterocycles. The van der Waals surface area contributed by atoms with E-state index in [0.717, 1.165) is 31.9 Å². The summed E-state index contributed by atoms with van der Waals surface area (Å²) in [6.07, 6.45) is 4.33. The molecule has 2 rings (SSSR count). The summed E-state index contributed by atoms with van der Waals surface area (Å²) in [5.41, 5.74) is 3.68. The molecule has 0 spiro atoms. The first-order chi connectivity index (χ1) is 8.72. The fourth-order valence-corrected chi connectivity index (χ4v) is 2.15. The fourth-order valence-electron chi connectivity index (χ4n) is 2.15. The molecule has 98 valence electrons. The molecule has 1 N–H and O–H groups in total. The third-order valence-corrected chi connectivity index (χ3v) is 3.02. The van der Waals surface area contributed by atoms with Crippen LogP contribution < -0.4 is 5.32 Å². The summed E-state index contributed by atoms with van der Waals surface area (Å²) < 4.78 is 4.29. The molecule has 0 amide bonds. The standard InChI is InChI=1S/C14H22N4/c1-4-15-9-13-6-7-17(10-13)11-14-8-12(3)16-18(14)5-2/h6-8,10,15H,4-5,9,11H2,1-3H3. The second-order valence-electron chi connectivity index (χ2n) is 4.57. The van der Waals surface area contributed by atoms with Gasteiger partial charge in [-0.25, -0.2) is 0 Å². The maximum Gasteiger partial charge on any atom is 0.0639 e. The van der Waals surface area contributed by atoms with Crippen LogP contribution >= 0.6 is 0 Å². The third-order valence-electron chi connectivity index (χ3n) is 3.02. The Bertz CT molecular complexity index is 496. The van der Waals surface area contributed by atoms with Crippen LogP contribution in [0.25, 0.3) is 0 Å². The molecule has 2 aromatic heterocycles. The number of hydrogen-bond acceptors (Lipinski definition) is 2. The minimum atomic E-state index is 0.890. The SMILES string of the molecule is CCNCc1ccn(Cc2cc(C)nn2CC)c1. The lowest BCUT2D eigenvalue weighted by molar-refractivity contribution is 0.597. The molecule has 0 saturated heterocycles. The Morgan fingerprint density at radius 3 is 2.89 bits per heavy atom. The van der Waals surface area contributed by atoms with E-state index in [9.17, 15) is 0 Å². The highest BCUT2D eigenvalue weighted by molar-refractivity contribution is 5.14. The summed E-state index contributed by atoms with van der Waals surface area (Å²) in [7, 11) is 0. The van der Waals surface area contributed by atoms with Gasteiger partial charge in [-0.15, -0.1) is 0 Å². The molecule has 0 atom stereocenters. The molecule has 2 heterocycles. The summed E-state index contributed by atoms with van der Waals surface area (Å²) in [5.74, 6) is 0. The topological polar surface area (TPSA) is 34.8 Å². The van der Waals surface area contributed by atoms with Crippen molar-refractivity contribution in [2.24, 2.45) is 0 Å². The lowest BCUT2D eigenvalue weighted by Gasteiger charge is -2.05. The normalized spacial score (nSPS) is 11.1. The van der Waals surface area contributed by atoms with Gasteiger partial charge >= 0.3 is 0 Å². The second-order valence-corrected chi connectivity index (χ2v) is 4.57. The van der Waals surface area contributed by atoms with Gasteiger partial charge in [-0.1, -0.05) is 6.92 Å². The van der Waals surface area contributed by atoms with Crippen molar-refractivity contribution < 1.29 is 0 Å². The summed E-state index contributed by atoms with van der Waals surface area (Å²) in [4.78, 5) is 0. The molecule has 0 aliphatic rings. The average Bonchev–Trinajstić information content (AvgIpc) is 2.94. The lowest BCUT2D eigenvalue weighted by atomic mass is 10.3. The van der Waals surface area contributed by atoms with E-state index in [-0.39, 0.29) is 0 Å². The molecule has 0 bridgehead atoms. The molecule has 4 heteroatoms. The number of aromatic nitrogens is 3. The number of nitrogens with one attached hydrogen (secondary N) is 1. The zero-order chi connectivity index (χ0) is 13.0. The minimum absolute atomic E-state index is 0.890. The molecule has 0 saturated carbocycles. The Morgan fingerprint density at radius 2 is 2.17 bits per heavy atom. The number of aryl methyl sites for hydroxylation is 2. The number of hydrogen-bond donors (Lipinski definition) is 1. The summed E-state index contributed by atoms with van der Waals surface area (Å²) >= 11 is 0. The van der Waals surface area contributed by atoms with Gasteiger partial charge in [0.1, 0.15) is 0 Å². The molecule has 0 aliphatic carbocycles. The Morgan fingerprint density at radius 1 is 1.33 bits per heavy atom. The van der Waals surface area contributed by atoms with Crippen LogP contribution in [0.1, 0.15) is 30.8 Å². The van der Waals surface area contributed by atoms with Crippen molar-refractivity contribution >= 4 is 0 Å². The van der Waals surface area contributed by atoms with Crippen molar-refractivity contribution in [2.75, 3.05) is 6.54 Å². The van der Waals surface area contributed by atoms with Crippen LogP contribution in [0.4, 0.5) is 0 Å². The smallest absolute Gasteiger partial charge is 0.0639 e. The van der Waals surface area contributed by atoms with E-state index >= 15 is 0 Å². The van der Waals surface area contributed by atoms with Crippen molar-refractivity contribution in [3.05, 3.63) is 41.5 Å².